The van der Waals surface area contributed by atoms with Crippen LogP contribution in [0, 0.1) is 0 Å². The fraction of sp³-hybridized carbons (Fsp3) is 0.250. The Morgan fingerprint density at radius 2 is 1.63 bits per heavy atom. The Labute approximate surface area is 114 Å². The van der Waals surface area contributed by atoms with Crippen molar-refractivity contribution >= 4 is 11.4 Å². The number of rotatable bonds is 5. The minimum absolute atomic E-state index is 0.689. The number of anilines is 2. The van der Waals surface area contributed by atoms with Crippen LogP contribution < -0.4 is 16.2 Å². The summed E-state index contributed by atoms with van der Waals surface area (Å²) in [6.07, 6.45) is 1.82. The van der Waals surface area contributed by atoms with Crippen molar-refractivity contribution in [1.29, 1.82) is 0 Å². The number of hydrogen-bond acceptors (Lipinski definition) is 3. The van der Waals surface area contributed by atoms with Crippen LogP contribution in [0.2, 0.25) is 0 Å². The number of ether oxygens (including phenoxy) is 1. The van der Waals surface area contributed by atoms with E-state index in [0.717, 1.165) is 24.3 Å². The van der Waals surface area contributed by atoms with Gasteiger partial charge in [0.1, 0.15) is 5.75 Å². The zero-order chi connectivity index (χ0) is 13.7. The lowest BCUT2D eigenvalue weighted by molar-refractivity contribution is 0.319. The quantitative estimate of drug-likeness (QED) is 0.807. The molecule has 2 aromatic rings. The van der Waals surface area contributed by atoms with Gasteiger partial charge in [0.15, 0.2) is 0 Å². The first-order valence-corrected chi connectivity index (χ1v) is 6.54. The minimum atomic E-state index is 0.689. The van der Waals surface area contributed by atoms with Gasteiger partial charge in [-0.25, -0.2) is 0 Å². The maximum Gasteiger partial charge on any atom is 0.142 e. The van der Waals surface area contributed by atoms with Gasteiger partial charge in [0.05, 0.1) is 12.3 Å². The predicted octanol–water partition coefficient (Wildman–Crippen LogP) is 3.23. The highest BCUT2D eigenvalue weighted by molar-refractivity contribution is 5.54. The summed E-state index contributed by atoms with van der Waals surface area (Å²) in [7, 11) is 0. The molecule has 2 aromatic carbocycles. The summed E-state index contributed by atoms with van der Waals surface area (Å²) in [5.41, 5.74) is 15.5. The van der Waals surface area contributed by atoms with E-state index in [-0.39, 0.29) is 0 Å². The summed E-state index contributed by atoms with van der Waals surface area (Å²) in [5.74, 6) is 0.773. The molecule has 19 heavy (non-hydrogen) atoms. The largest absolute Gasteiger partial charge is 0.491 e. The monoisotopic (exact) mass is 256 g/mol. The Balaban J connectivity index is 2.14. The fourth-order valence-electron chi connectivity index (χ4n) is 1.90. The standard InChI is InChI=1S/C16H20N2O/c1-2-9-19-16-11-13(5-8-15(16)18)10-12-3-6-14(17)7-4-12/h3-8,11H,2,9-10,17-18H2,1H3. The van der Waals surface area contributed by atoms with Gasteiger partial charge in [-0.05, 0) is 48.2 Å². The maximum absolute atomic E-state index is 5.90. The van der Waals surface area contributed by atoms with Crippen LogP contribution >= 0.6 is 0 Å². The Kier molecular flexibility index (Phi) is 4.29. The van der Waals surface area contributed by atoms with E-state index in [0.29, 0.717) is 12.3 Å². The van der Waals surface area contributed by atoms with E-state index in [9.17, 15) is 0 Å². The predicted molar refractivity (Wildman–Crippen MR) is 80.3 cm³/mol. The molecule has 100 valence electrons. The normalized spacial score (nSPS) is 10.4. The van der Waals surface area contributed by atoms with Crippen molar-refractivity contribution in [3.63, 3.8) is 0 Å². The molecule has 4 N–H and O–H groups in total. The minimum Gasteiger partial charge on any atom is -0.491 e. The molecular formula is C16H20N2O. The van der Waals surface area contributed by atoms with Crippen LogP contribution in [0.1, 0.15) is 24.5 Å². The smallest absolute Gasteiger partial charge is 0.142 e. The molecule has 0 aliphatic heterocycles. The van der Waals surface area contributed by atoms with Crippen molar-refractivity contribution in [1.82, 2.24) is 0 Å². The van der Waals surface area contributed by atoms with Crippen LogP contribution in [0.15, 0.2) is 42.5 Å². The van der Waals surface area contributed by atoms with E-state index < -0.39 is 0 Å². The van der Waals surface area contributed by atoms with Gasteiger partial charge in [-0.2, -0.15) is 0 Å². The second kappa shape index (κ2) is 6.14. The molecule has 0 spiro atoms. The first kappa shape index (κ1) is 13.3. The molecule has 2 rings (SSSR count). The van der Waals surface area contributed by atoms with Crippen molar-refractivity contribution in [2.24, 2.45) is 0 Å². The molecule has 0 bridgehead atoms. The van der Waals surface area contributed by atoms with E-state index in [1.54, 1.807) is 0 Å². The lowest BCUT2D eigenvalue weighted by Crippen LogP contribution is -2.00. The highest BCUT2D eigenvalue weighted by Crippen LogP contribution is 2.24. The van der Waals surface area contributed by atoms with Gasteiger partial charge in [0.2, 0.25) is 0 Å². The van der Waals surface area contributed by atoms with Gasteiger partial charge in [-0.1, -0.05) is 25.1 Å². The first-order chi connectivity index (χ1) is 9.19. The molecule has 0 radical (unpaired) electrons. The van der Waals surface area contributed by atoms with Crippen molar-refractivity contribution in [3.05, 3.63) is 53.6 Å². The molecule has 0 saturated carbocycles. The van der Waals surface area contributed by atoms with E-state index in [1.807, 2.05) is 42.5 Å². The molecule has 0 saturated heterocycles. The molecule has 0 aliphatic carbocycles. The third-order valence-electron chi connectivity index (χ3n) is 2.93. The lowest BCUT2D eigenvalue weighted by Gasteiger charge is -2.10. The fourth-order valence-corrected chi connectivity index (χ4v) is 1.90. The first-order valence-electron chi connectivity index (χ1n) is 6.54. The third-order valence-corrected chi connectivity index (χ3v) is 2.93. The summed E-state index contributed by atoms with van der Waals surface area (Å²) >= 11 is 0. The SMILES string of the molecule is CCCOc1cc(Cc2ccc(N)cc2)ccc1N. The van der Waals surface area contributed by atoms with Crippen LogP contribution in [-0.4, -0.2) is 6.61 Å². The van der Waals surface area contributed by atoms with E-state index in [1.165, 1.54) is 11.1 Å². The summed E-state index contributed by atoms with van der Waals surface area (Å²) in [6, 6.07) is 13.9. The van der Waals surface area contributed by atoms with Crippen LogP contribution in [0.3, 0.4) is 0 Å². The van der Waals surface area contributed by atoms with Crippen molar-refractivity contribution in [2.45, 2.75) is 19.8 Å². The van der Waals surface area contributed by atoms with Crippen LogP contribution in [0.4, 0.5) is 11.4 Å². The molecule has 0 aliphatic rings. The summed E-state index contributed by atoms with van der Waals surface area (Å²) < 4.78 is 5.64. The van der Waals surface area contributed by atoms with E-state index >= 15 is 0 Å². The highest BCUT2D eigenvalue weighted by Gasteiger charge is 2.03. The Morgan fingerprint density at radius 1 is 0.947 bits per heavy atom. The highest BCUT2D eigenvalue weighted by atomic mass is 16.5. The molecule has 0 atom stereocenters. The van der Waals surface area contributed by atoms with Gasteiger partial charge in [0, 0.05) is 5.69 Å². The molecule has 0 unspecified atom stereocenters. The molecule has 0 aromatic heterocycles. The van der Waals surface area contributed by atoms with Crippen molar-refractivity contribution in [2.75, 3.05) is 18.1 Å². The molecular weight excluding hydrogens is 236 g/mol. The van der Waals surface area contributed by atoms with Gasteiger partial charge >= 0.3 is 0 Å². The molecule has 0 heterocycles. The summed E-state index contributed by atoms with van der Waals surface area (Å²) in [6.45, 7) is 2.77. The molecule has 3 heteroatoms. The van der Waals surface area contributed by atoms with Gasteiger partial charge in [-0.15, -0.1) is 0 Å². The Hall–Kier alpha value is -2.16. The summed E-state index contributed by atoms with van der Waals surface area (Å²) in [5, 5.41) is 0. The number of hydrogen-bond donors (Lipinski definition) is 2. The number of nitrogen functional groups attached to an aromatic ring is 2. The van der Waals surface area contributed by atoms with Crippen LogP contribution in [0.5, 0.6) is 5.75 Å². The van der Waals surface area contributed by atoms with Crippen LogP contribution in [-0.2, 0) is 6.42 Å². The van der Waals surface area contributed by atoms with Crippen LogP contribution in [0.25, 0.3) is 0 Å². The Morgan fingerprint density at radius 3 is 2.32 bits per heavy atom. The zero-order valence-electron chi connectivity index (χ0n) is 11.2. The average molecular weight is 256 g/mol. The summed E-state index contributed by atoms with van der Waals surface area (Å²) in [4.78, 5) is 0. The van der Waals surface area contributed by atoms with Gasteiger partial charge < -0.3 is 16.2 Å². The topological polar surface area (TPSA) is 61.3 Å². The second-order valence-corrected chi connectivity index (χ2v) is 4.64. The Bertz CT molecular complexity index is 535. The van der Waals surface area contributed by atoms with Gasteiger partial charge in [0.25, 0.3) is 0 Å². The maximum atomic E-state index is 5.90. The lowest BCUT2D eigenvalue weighted by atomic mass is 10.0. The second-order valence-electron chi connectivity index (χ2n) is 4.64. The van der Waals surface area contributed by atoms with Gasteiger partial charge in [-0.3, -0.25) is 0 Å². The number of nitrogens with two attached hydrogens (primary N) is 2. The number of benzene rings is 2. The zero-order valence-corrected chi connectivity index (χ0v) is 11.2. The van der Waals surface area contributed by atoms with Crippen molar-refractivity contribution in [3.8, 4) is 5.75 Å². The molecule has 3 nitrogen and oxygen atoms in total. The molecule has 0 fully saturated rings. The van der Waals surface area contributed by atoms with E-state index in [2.05, 4.69) is 6.92 Å². The third kappa shape index (κ3) is 3.65. The molecule has 0 amide bonds. The van der Waals surface area contributed by atoms with Crippen molar-refractivity contribution < 1.29 is 4.74 Å². The van der Waals surface area contributed by atoms with E-state index in [4.69, 9.17) is 16.2 Å². The average Bonchev–Trinajstić information content (AvgIpc) is 2.42.